The Morgan fingerprint density at radius 3 is 2.68 bits per heavy atom. The maximum Gasteiger partial charge on any atom is 0.0981 e. The molecule has 0 amide bonds. The van der Waals surface area contributed by atoms with E-state index in [0.29, 0.717) is 0 Å². The Morgan fingerprint density at radius 2 is 2.11 bits per heavy atom. The summed E-state index contributed by atoms with van der Waals surface area (Å²) in [6.07, 6.45) is 5.93. The number of thiazole rings is 1. The average Bonchev–Trinajstić information content (AvgIpc) is 2.93. The summed E-state index contributed by atoms with van der Waals surface area (Å²) < 4.78 is 1.97. The third-order valence-corrected chi connectivity index (χ3v) is 4.20. The van der Waals surface area contributed by atoms with E-state index in [-0.39, 0.29) is 5.41 Å². The van der Waals surface area contributed by atoms with Crippen LogP contribution in [0.15, 0.2) is 18.6 Å². The molecule has 0 radical (unpaired) electrons. The molecule has 0 spiro atoms. The van der Waals surface area contributed by atoms with Gasteiger partial charge in [0, 0.05) is 35.8 Å². The minimum absolute atomic E-state index is 0.148. The monoisotopic (exact) mass is 278 g/mol. The predicted molar refractivity (Wildman–Crippen MR) is 79.5 cm³/mol. The number of hydrogen-bond acceptors (Lipinski definition) is 4. The van der Waals surface area contributed by atoms with Gasteiger partial charge >= 0.3 is 0 Å². The van der Waals surface area contributed by atoms with Gasteiger partial charge in [-0.2, -0.15) is 5.10 Å². The largest absolute Gasteiger partial charge is 0.310 e. The number of aryl methyl sites for hydroxylation is 1. The van der Waals surface area contributed by atoms with Crippen molar-refractivity contribution in [3.05, 3.63) is 34.0 Å². The maximum absolute atomic E-state index is 4.49. The number of rotatable bonds is 5. The number of nitrogens with zero attached hydrogens (tertiary/aromatic N) is 3. The summed E-state index contributed by atoms with van der Waals surface area (Å²) in [5.74, 6) is 0. The van der Waals surface area contributed by atoms with Crippen molar-refractivity contribution in [2.24, 2.45) is 0 Å². The minimum Gasteiger partial charge on any atom is -0.310 e. The molecule has 104 valence electrons. The van der Waals surface area contributed by atoms with E-state index in [2.05, 4.69) is 49.3 Å². The number of nitrogens with one attached hydrogen (secondary N) is 1. The third-order valence-electron chi connectivity index (χ3n) is 2.77. The summed E-state index contributed by atoms with van der Waals surface area (Å²) in [5, 5.41) is 8.90. The molecule has 0 saturated carbocycles. The van der Waals surface area contributed by atoms with Gasteiger partial charge < -0.3 is 5.32 Å². The van der Waals surface area contributed by atoms with E-state index in [1.165, 1.54) is 15.4 Å². The average molecular weight is 278 g/mol. The molecular weight excluding hydrogens is 256 g/mol. The molecule has 0 bridgehead atoms. The van der Waals surface area contributed by atoms with Crippen LogP contribution in [0.3, 0.4) is 0 Å². The minimum atomic E-state index is 0.148. The summed E-state index contributed by atoms with van der Waals surface area (Å²) >= 11 is 1.79. The Hall–Kier alpha value is -1.20. The van der Waals surface area contributed by atoms with Crippen molar-refractivity contribution in [1.82, 2.24) is 20.1 Å². The van der Waals surface area contributed by atoms with Crippen LogP contribution in [0, 0.1) is 6.92 Å². The molecule has 0 aliphatic rings. The second kappa shape index (κ2) is 5.84. The summed E-state index contributed by atoms with van der Waals surface area (Å²) in [7, 11) is 0. The van der Waals surface area contributed by atoms with Crippen molar-refractivity contribution in [1.29, 1.82) is 0 Å². The Balaban J connectivity index is 1.75. The van der Waals surface area contributed by atoms with Crippen molar-refractivity contribution in [2.45, 2.75) is 46.2 Å². The summed E-state index contributed by atoms with van der Waals surface area (Å²) in [6, 6.07) is 0. The van der Waals surface area contributed by atoms with Crippen molar-refractivity contribution in [3.8, 4) is 0 Å². The van der Waals surface area contributed by atoms with Gasteiger partial charge in [0.1, 0.15) is 0 Å². The molecule has 2 aromatic heterocycles. The van der Waals surface area contributed by atoms with E-state index in [1.54, 1.807) is 11.3 Å². The van der Waals surface area contributed by atoms with Crippen LogP contribution in [0.2, 0.25) is 0 Å². The fraction of sp³-hybridized carbons (Fsp3) is 0.571. The highest BCUT2D eigenvalue weighted by Gasteiger charge is 2.17. The molecule has 0 aliphatic carbocycles. The Bertz CT molecular complexity index is 522. The lowest BCUT2D eigenvalue weighted by molar-refractivity contribution is 0.556. The van der Waals surface area contributed by atoms with Gasteiger partial charge in [-0.25, -0.2) is 4.98 Å². The molecule has 0 saturated heterocycles. The van der Waals surface area contributed by atoms with E-state index in [9.17, 15) is 0 Å². The molecule has 0 unspecified atom stereocenters. The molecule has 2 rings (SSSR count). The second-order valence-electron chi connectivity index (χ2n) is 5.84. The van der Waals surface area contributed by atoms with Gasteiger partial charge in [0.25, 0.3) is 0 Å². The lowest BCUT2D eigenvalue weighted by atomic mass is 9.98. The Morgan fingerprint density at radius 1 is 1.32 bits per heavy atom. The molecule has 0 aromatic carbocycles. The van der Waals surface area contributed by atoms with Crippen molar-refractivity contribution in [3.63, 3.8) is 0 Å². The second-order valence-corrected chi connectivity index (χ2v) is 6.95. The van der Waals surface area contributed by atoms with Gasteiger partial charge in [0.05, 0.1) is 17.7 Å². The highest BCUT2D eigenvalue weighted by molar-refractivity contribution is 7.11. The van der Waals surface area contributed by atoms with E-state index in [4.69, 9.17) is 0 Å². The number of hydrogen-bond donors (Lipinski definition) is 1. The highest BCUT2D eigenvalue weighted by Crippen LogP contribution is 2.26. The van der Waals surface area contributed by atoms with Gasteiger partial charge in [-0.05, 0) is 12.5 Å². The molecule has 0 fully saturated rings. The molecule has 4 nitrogen and oxygen atoms in total. The van der Waals surface area contributed by atoms with E-state index < -0.39 is 0 Å². The standard InChI is InChI=1S/C14H22N4S/c1-11-7-17-18(10-11)6-5-15-8-12-9-16-13(19-12)14(2,3)4/h7,9-10,15H,5-6,8H2,1-4H3. The van der Waals surface area contributed by atoms with Crippen LogP contribution in [-0.2, 0) is 18.5 Å². The Labute approximate surface area is 118 Å². The van der Waals surface area contributed by atoms with Crippen molar-refractivity contribution >= 4 is 11.3 Å². The summed E-state index contributed by atoms with van der Waals surface area (Å²) in [6.45, 7) is 11.4. The molecule has 2 heterocycles. The van der Waals surface area contributed by atoms with Crippen LogP contribution in [0.25, 0.3) is 0 Å². The smallest absolute Gasteiger partial charge is 0.0981 e. The van der Waals surface area contributed by atoms with Gasteiger partial charge in [-0.1, -0.05) is 20.8 Å². The first-order valence-electron chi connectivity index (χ1n) is 6.60. The van der Waals surface area contributed by atoms with E-state index in [1.807, 2.05) is 17.1 Å². The lowest BCUT2D eigenvalue weighted by Crippen LogP contribution is -2.19. The zero-order valence-electron chi connectivity index (χ0n) is 12.1. The first-order valence-corrected chi connectivity index (χ1v) is 7.42. The first-order chi connectivity index (χ1) is 8.95. The quantitative estimate of drug-likeness (QED) is 0.855. The lowest BCUT2D eigenvalue weighted by Gasteiger charge is -2.13. The topological polar surface area (TPSA) is 42.7 Å². The highest BCUT2D eigenvalue weighted by atomic mass is 32.1. The van der Waals surface area contributed by atoms with Crippen molar-refractivity contribution < 1.29 is 0 Å². The SMILES string of the molecule is Cc1cnn(CCNCc2cnc(C(C)(C)C)s2)c1. The van der Waals surface area contributed by atoms with E-state index >= 15 is 0 Å². The third kappa shape index (κ3) is 4.14. The summed E-state index contributed by atoms with van der Waals surface area (Å²) in [5.41, 5.74) is 1.35. The zero-order valence-corrected chi connectivity index (χ0v) is 12.9. The van der Waals surface area contributed by atoms with Crippen molar-refractivity contribution in [2.75, 3.05) is 6.54 Å². The van der Waals surface area contributed by atoms with Gasteiger partial charge in [0.15, 0.2) is 0 Å². The maximum atomic E-state index is 4.49. The Kier molecular flexibility index (Phi) is 4.37. The van der Waals surface area contributed by atoms with Crippen LogP contribution >= 0.6 is 11.3 Å². The van der Waals surface area contributed by atoms with Gasteiger partial charge in [0.2, 0.25) is 0 Å². The molecule has 0 atom stereocenters. The fourth-order valence-electron chi connectivity index (χ4n) is 1.73. The first kappa shape index (κ1) is 14.2. The van der Waals surface area contributed by atoms with Crippen LogP contribution in [-0.4, -0.2) is 21.3 Å². The zero-order chi connectivity index (χ0) is 13.9. The predicted octanol–water partition coefficient (Wildman–Crippen LogP) is 2.74. The number of aromatic nitrogens is 3. The van der Waals surface area contributed by atoms with Crippen LogP contribution < -0.4 is 5.32 Å². The summed E-state index contributed by atoms with van der Waals surface area (Å²) in [4.78, 5) is 5.78. The fourth-order valence-corrected chi connectivity index (χ4v) is 2.67. The molecular formula is C14H22N4S. The normalized spacial score (nSPS) is 12.0. The molecule has 2 aromatic rings. The van der Waals surface area contributed by atoms with Gasteiger partial charge in [-0.15, -0.1) is 11.3 Å². The van der Waals surface area contributed by atoms with Crippen LogP contribution in [0.4, 0.5) is 0 Å². The molecule has 5 heteroatoms. The van der Waals surface area contributed by atoms with Crippen LogP contribution in [0.1, 0.15) is 36.2 Å². The van der Waals surface area contributed by atoms with Crippen LogP contribution in [0.5, 0.6) is 0 Å². The molecule has 19 heavy (non-hydrogen) atoms. The molecule has 0 aliphatic heterocycles. The molecule has 1 N–H and O–H groups in total. The van der Waals surface area contributed by atoms with E-state index in [0.717, 1.165) is 19.6 Å². The van der Waals surface area contributed by atoms with Gasteiger partial charge in [-0.3, -0.25) is 4.68 Å².